The van der Waals surface area contributed by atoms with E-state index in [9.17, 15) is 14.9 Å². The molecule has 0 saturated carbocycles. The molecule has 9 nitrogen and oxygen atoms in total. The first kappa shape index (κ1) is 15.9. The van der Waals surface area contributed by atoms with Gasteiger partial charge in [0, 0.05) is 14.2 Å². The van der Waals surface area contributed by atoms with Gasteiger partial charge in [0.25, 0.3) is 0 Å². The second-order valence-electron chi connectivity index (χ2n) is 4.22. The molecular weight excluding hydrogens is 268 g/mol. The van der Waals surface area contributed by atoms with E-state index in [1.165, 1.54) is 11.8 Å². The van der Waals surface area contributed by atoms with Crippen LogP contribution < -0.4 is 5.32 Å². The maximum Gasteiger partial charge on any atom is 0.334 e. The summed E-state index contributed by atoms with van der Waals surface area (Å²) >= 11 is 0. The van der Waals surface area contributed by atoms with Crippen LogP contribution in [-0.4, -0.2) is 45.5 Å². The largest absolute Gasteiger partial charge is 0.479 e. The topological polar surface area (TPSA) is 120 Å². The van der Waals surface area contributed by atoms with Crippen molar-refractivity contribution in [2.24, 2.45) is 7.05 Å². The molecule has 0 amide bonds. The summed E-state index contributed by atoms with van der Waals surface area (Å²) < 4.78 is 6.11. The maximum atomic E-state index is 11.1. The summed E-state index contributed by atoms with van der Waals surface area (Å²) in [6, 6.07) is 0. The number of methoxy groups -OCH3 is 1. The van der Waals surface area contributed by atoms with E-state index in [1.807, 2.05) is 6.92 Å². The van der Waals surface area contributed by atoms with E-state index in [4.69, 9.17) is 9.84 Å². The number of carbonyl (C=O) groups is 1. The van der Waals surface area contributed by atoms with Crippen molar-refractivity contribution in [3.63, 3.8) is 0 Å². The van der Waals surface area contributed by atoms with Crippen LogP contribution in [0.5, 0.6) is 0 Å². The Labute approximate surface area is 115 Å². The molecule has 0 aliphatic carbocycles. The van der Waals surface area contributed by atoms with E-state index in [0.29, 0.717) is 12.1 Å². The number of carboxylic acid groups (broad SMARTS) is 1. The molecule has 2 N–H and O–H groups in total. The van der Waals surface area contributed by atoms with Crippen LogP contribution >= 0.6 is 0 Å². The number of aliphatic carboxylic acids is 1. The van der Waals surface area contributed by atoms with Crippen LogP contribution in [0.1, 0.15) is 19.0 Å². The lowest BCUT2D eigenvalue weighted by Gasteiger charge is -2.12. The lowest BCUT2D eigenvalue weighted by molar-refractivity contribution is -0.384. The van der Waals surface area contributed by atoms with Crippen LogP contribution in [0.3, 0.4) is 0 Å². The van der Waals surface area contributed by atoms with Gasteiger partial charge in [-0.1, -0.05) is 13.3 Å². The fourth-order valence-corrected chi connectivity index (χ4v) is 1.82. The number of nitrogens with one attached hydrogen (secondary N) is 1. The summed E-state index contributed by atoms with van der Waals surface area (Å²) in [5.41, 5.74) is 0.265. The van der Waals surface area contributed by atoms with Crippen LogP contribution in [-0.2, 0) is 23.0 Å². The third kappa shape index (κ3) is 3.44. The fourth-order valence-electron chi connectivity index (χ4n) is 1.82. The van der Waals surface area contributed by atoms with Crippen molar-refractivity contribution < 1.29 is 19.6 Å². The zero-order chi connectivity index (χ0) is 15.3. The van der Waals surface area contributed by atoms with Crippen LogP contribution in [0.2, 0.25) is 0 Å². The Morgan fingerprint density at radius 1 is 1.65 bits per heavy atom. The fraction of sp³-hybridized carbons (Fsp3) is 0.636. The Balaban J connectivity index is 2.99. The van der Waals surface area contributed by atoms with E-state index >= 15 is 0 Å². The molecule has 0 aliphatic heterocycles. The molecule has 1 atom stereocenters. The predicted octanol–water partition coefficient (Wildman–Crippen LogP) is 0.792. The third-order valence-corrected chi connectivity index (χ3v) is 2.78. The standard InChI is InChI=1S/C11H18N4O5/c1-4-5-7-9(15(18)19)10(14(2)13-7)12-6-8(20-3)11(16)17/h8,12H,4-6H2,1-3H3,(H,16,17). The molecule has 1 aromatic rings. The van der Waals surface area contributed by atoms with Crippen molar-refractivity contribution in [1.29, 1.82) is 0 Å². The first-order valence-corrected chi connectivity index (χ1v) is 6.12. The van der Waals surface area contributed by atoms with E-state index in [-0.39, 0.29) is 18.1 Å². The summed E-state index contributed by atoms with van der Waals surface area (Å²) in [5, 5.41) is 26.8. The van der Waals surface area contributed by atoms with Gasteiger partial charge >= 0.3 is 11.7 Å². The predicted molar refractivity (Wildman–Crippen MR) is 70.8 cm³/mol. The van der Waals surface area contributed by atoms with Crippen molar-refractivity contribution in [3.8, 4) is 0 Å². The number of rotatable bonds is 8. The highest BCUT2D eigenvalue weighted by molar-refractivity contribution is 5.73. The minimum Gasteiger partial charge on any atom is -0.479 e. The lowest BCUT2D eigenvalue weighted by Crippen LogP contribution is -2.31. The first-order chi connectivity index (χ1) is 9.42. The van der Waals surface area contributed by atoms with Crippen LogP contribution in [0, 0.1) is 10.1 Å². The van der Waals surface area contributed by atoms with E-state index in [2.05, 4.69) is 10.4 Å². The lowest BCUT2D eigenvalue weighted by atomic mass is 10.2. The van der Waals surface area contributed by atoms with Gasteiger partial charge in [0.1, 0.15) is 5.69 Å². The van der Waals surface area contributed by atoms with Crippen molar-refractivity contribution in [1.82, 2.24) is 9.78 Å². The van der Waals surface area contributed by atoms with Gasteiger partial charge in [-0.3, -0.25) is 10.1 Å². The van der Waals surface area contributed by atoms with Crippen molar-refractivity contribution in [3.05, 3.63) is 15.8 Å². The quantitative estimate of drug-likeness (QED) is 0.535. The molecule has 0 fully saturated rings. The van der Waals surface area contributed by atoms with Crippen LogP contribution in [0.15, 0.2) is 0 Å². The number of aromatic nitrogens is 2. The zero-order valence-corrected chi connectivity index (χ0v) is 11.6. The van der Waals surface area contributed by atoms with Gasteiger partial charge in [-0.25, -0.2) is 9.48 Å². The monoisotopic (exact) mass is 286 g/mol. The highest BCUT2D eigenvalue weighted by Gasteiger charge is 2.27. The molecule has 1 rings (SSSR count). The highest BCUT2D eigenvalue weighted by atomic mass is 16.6. The average molecular weight is 286 g/mol. The molecule has 1 heterocycles. The van der Waals surface area contributed by atoms with Gasteiger partial charge in [0.05, 0.1) is 11.5 Å². The second kappa shape index (κ2) is 6.85. The summed E-state index contributed by atoms with van der Waals surface area (Å²) in [4.78, 5) is 21.5. The maximum absolute atomic E-state index is 11.1. The number of carboxylic acids is 1. The second-order valence-corrected chi connectivity index (χ2v) is 4.22. The zero-order valence-electron chi connectivity index (χ0n) is 11.6. The van der Waals surface area contributed by atoms with Gasteiger partial charge in [0.2, 0.25) is 5.82 Å². The van der Waals surface area contributed by atoms with Crippen molar-refractivity contribution in [2.45, 2.75) is 25.9 Å². The molecule has 0 aliphatic rings. The van der Waals surface area contributed by atoms with Gasteiger partial charge < -0.3 is 15.2 Å². The molecule has 20 heavy (non-hydrogen) atoms. The number of hydrogen-bond donors (Lipinski definition) is 2. The molecule has 0 aromatic carbocycles. The highest BCUT2D eigenvalue weighted by Crippen LogP contribution is 2.28. The van der Waals surface area contributed by atoms with Gasteiger partial charge in [-0.2, -0.15) is 5.10 Å². The van der Waals surface area contributed by atoms with E-state index < -0.39 is 17.0 Å². The van der Waals surface area contributed by atoms with Gasteiger partial charge in [-0.05, 0) is 6.42 Å². The number of aryl methyl sites for hydroxylation is 2. The Kier molecular flexibility index (Phi) is 5.44. The summed E-state index contributed by atoms with van der Waals surface area (Å²) in [6.45, 7) is 1.81. The molecule has 112 valence electrons. The van der Waals surface area contributed by atoms with Crippen molar-refractivity contribution >= 4 is 17.5 Å². The Morgan fingerprint density at radius 2 is 2.30 bits per heavy atom. The normalized spacial score (nSPS) is 12.2. The molecule has 1 aromatic heterocycles. The molecule has 9 heteroatoms. The first-order valence-electron chi connectivity index (χ1n) is 6.12. The molecule has 0 bridgehead atoms. The minimum atomic E-state index is -1.14. The number of ether oxygens (including phenoxy) is 1. The van der Waals surface area contributed by atoms with E-state index in [0.717, 1.165) is 6.42 Å². The number of nitro groups is 1. The minimum absolute atomic E-state index is 0.0855. The SMILES string of the molecule is CCCc1nn(C)c(NCC(OC)C(=O)O)c1[N+](=O)[O-]. The summed E-state index contributed by atoms with van der Waals surface area (Å²) in [5.74, 6) is -0.958. The van der Waals surface area contributed by atoms with Crippen LogP contribution in [0.4, 0.5) is 11.5 Å². The van der Waals surface area contributed by atoms with Gasteiger partial charge in [-0.15, -0.1) is 0 Å². The average Bonchev–Trinajstić information content (AvgIpc) is 2.66. The van der Waals surface area contributed by atoms with Crippen molar-refractivity contribution in [2.75, 3.05) is 19.0 Å². The number of hydrogen-bond acceptors (Lipinski definition) is 6. The molecular formula is C11H18N4O5. The summed E-state index contributed by atoms with van der Waals surface area (Å²) in [6.07, 6.45) is 0.130. The molecule has 1 unspecified atom stereocenters. The summed E-state index contributed by atoms with van der Waals surface area (Å²) in [7, 11) is 2.83. The van der Waals surface area contributed by atoms with Gasteiger partial charge in [0.15, 0.2) is 6.10 Å². The molecule has 0 radical (unpaired) electrons. The Hall–Kier alpha value is -2.16. The number of anilines is 1. The number of nitrogens with zero attached hydrogens (tertiary/aromatic N) is 3. The smallest absolute Gasteiger partial charge is 0.334 e. The third-order valence-electron chi connectivity index (χ3n) is 2.78. The molecule has 0 saturated heterocycles. The van der Waals surface area contributed by atoms with E-state index in [1.54, 1.807) is 7.05 Å². The Morgan fingerprint density at radius 3 is 2.75 bits per heavy atom. The Bertz CT molecular complexity index is 499. The molecule has 0 spiro atoms. The van der Waals surface area contributed by atoms with Crippen LogP contribution in [0.25, 0.3) is 0 Å².